The Bertz CT molecular complexity index is 1020. The SMILES string of the molecule is CC1CCC2(CC1)N=C(c1ccccc1)C(=O)N2CC(=O)N1CCCc2ccccc21. The summed E-state index contributed by atoms with van der Waals surface area (Å²) in [5.41, 5.74) is 2.95. The highest BCUT2D eigenvalue weighted by molar-refractivity contribution is 6.47. The normalized spacial score (nSPS) is 25.5. The van der Waals surface area contributed by atoms with Crippen molar-refractivity contribution in [2.75, 3.05) is 18.0 Å². The van der Waals surface area contributed by atoms with E-state index in [0.717, 1.165) is 49.8 Å². The molecule has 5 heteroatoms. The second kappa shape index (κ2) is 7.95. The summed E-state index contributed by atoms with van der Waals surface area (Å²) in [7, 11) is 0. The van der Waals surface area contributed by atoms with Gasteiger partial charge in [0.1, 0.15) is 17.9 Å². The van der Waals surface area contributed by atoms with E-state index in [1.54, 1.807) is 4.90 Å². The van der Waals surface area contributed by atoms with Crippen molar-refractivity contribution < 1.29 is 9.59 Å². The molecular formula is C26H29N3O2. The number of para-hydroxylation sites is 1. The topological polar surface area (TPSA) is 53.0 Å². The number of benzene rings is 2. The monoisotopic (exact) mass is 415 g/mol. The van der Waals surface area contributed by atoms with Crippen molar-refractivity contribution in [1.82, 2.24) is 4.90 Å². The van der Waals surface area contributed by atoms with E-state index in [1.165, 1.54) is 5.56 Å². The molecule has 31 heavy (non-hydrogen) atoms. The first kappa shape index (κ1) is 20.0. The van der Waals surface area contributed by atoms with Gasteiger partial charge in [0, 0.05) is 17.8 Å². The summed E-state index contributed by atoms with van der Waals surface area (Å²) >= 11 is 0. The van der Waals surface area contributed by atoms with Crippen LogP contribution in [0.3, 0.4) is 0 Å². The van der Waals surface area contributed by atoms with Crippen LogP contribution in [0.4, 0.5) is 5.69 Å². The molecule has 0 saturated heterocycles. The van der Waals surface area contributed by atoms with Crippen LogP contribution in [0.2, 0.25) is 0 Å². The number of hydrogen-bond acceptors (Lipinski definition) is 3. The quantitative estimate of drug-likeness (QED) is 0.754. The van der Waals surface area contributed by atoms with E-state index >= 15 is 0 Å². The third-order valence-corrected chi connectivity index (χ3v) is 7.10. The first-order chi connectivity index (χ1) is 15.1. The van der Waals surface area contributed by atoms with Gasteiger partial charge in [-0.2, -0.15) is 0 Å². The highest BCUT2D eigenvalue weighted by atomic mass is 16.2. The van der Waals surface area contributed by atoms with Gasteiger partial charge in [0.2, 0.25) is 5.91 Å². The van der Waals surface area contributed by atoms with Gasteiger partial charge in [-0.05, 0) is 56.1 Å². The van der Waals surface area contributed by atoms with Gasteiger partial charge in [0.15, 0.2) is 0 Å². The molecule has 0 N–H and O–H groups in total. The second-order valence-electron chi connectivity index (χ2n) is 9.16. The lowest BCUT2D eigenvalue weighted by Crippen LogP contribution is -2.53. The van der Waals surface area contributed by atoms with E-state index in [2.05, 4.69) is 13.0 Å². The molecule has 1 fully saturated rings. The zero-order valence-corrected chi connectivity index (χ0v) is 18.1. The van der Waals surface area contributed by atoms with Gasteiger partial charge in [-0.1, -0.05) is 55.5 Å². The lowest BCUT2D eigenvalue weighted by atomic mass is 9.82. The van der Waals surface area contributed by atoms with E-state index in [-0.39, 0.29) is 18.4 Å². The maximum atomic E-state index is 13.5. The molecule has 2 aliphatic heterocycles. The highest BCUT2D eigenvalue weighted by Gasteiger charge is 2.49. The summed E-state index contributed by atoms with van der Waals surface area (Å²) in [6.45, 7) is 3.04. The van der Waals surface area contributed by atoms with E-state index < -0.39 is 5.66 Å². The van der Waals surface area contributed by atoms with Crippen LogP contribution in [0, 0.1) is 5.92 Å². The molecule has 0 unspecified atom stereocenters. The van der Waals surface area contributed by atoms with Gasteiger partial charge < -0.3 is 9.80 Å². The number of amides is 2. The smallest absolute Gasteiger partial charge is 0.275 e. The van der Waals surface area contributed by atoms with Crippen molar-refractivity contribution in [3.05, 3.63) is 65.7 Å². The molecule has 160 valence electrons. The predicted octanol–water partition coefficient (Wildman–Crippen LogP) is 4.20. The van der Waals surface area contributed by atoms with Gasteiger partial charge in [-0.3, -0.25) is 14.6 Å². The van der Waals surface area contributed by atoms with Crippen LogP contribution in [-0.2, 0) is 16.0 Å². The Morgan fingerprint density at radius 1 is 1.06 bits per heavy atom. The lowest BCUT2D eigenvalue weighted by molar-refractivity contribution is -0.135. The van der Waals surface area contributed by atoms with Gasteiger partial charge in [-0.15, -0.1) is 0 Å². The van der Waals surface area contributed by atoms with Crippen LogP contribution in [0.15, 0.2) is 59.6 Å². The molecule has 5 rings (SSSR count). The van der Waals surface area contributed by atoms with Crippen molar-refractivity contribution in [2.45, 2.75) is 51.1 Å². The van der Waals surface area contributed by atoms with Crippen LogP contribution in [0.5, 0.6) is 0 Å². The molecule has 2 heterocycles. The molecule has 3 aliphatic rings. The number of carbonyl (C=O) groups is 2. The third kappa shape index (κ3) is 3.56. The Balaban J connectivity index is 1.45. The van der Waals surface area contributed by atoms with Crippen molar-refractivity contribution in [2.24, 2.45) is 10.9 Å². The number of nitrogens with zero attached hydrogens (tertiary/aromatic N) is 3. The Labute approximate surface area is 183 Å². The van der Waals surface area contributed by atoms with Crippen LogP contribution < -0.4 is 4.90 Å². The van der Waals surface area contributed by atoms with Crippen LogP contribution >= 0.6 is 0 Å². The summed E-state index contributed by atoms with van der Waals surface area (Å²) < 4.78 is 0. The number of aryl methyl sites for hydroxylation is 1. The standard InChI is InChI=1S/C26H29N3O2/c1-19-13-15-26(16-14-19)27-24(21-9-3-2-4-10-21)25(31)29(26)18-23(30)28-17-7-11-20-8-5-6-12-22(20)28/h2-6,8-10,12,19H,7,11,13-18H2,1H3. The first-order valence-corrected chi connectivity index (χ1v) is 11.4. The molecule has 5 nitrogen and oxygen atoms in total. The highest BCUT2D eigenvalue weighted by Crippen LogP contribution is 2.41. The van der Waals surface area contributed by atoms with E-state index in [1.807, 2.05) is 53.4 Å². The fourth-order valence-corrected chi connectivity index (χ4v) is 5.26. The molecule has 1 aliphatic carbocycles. The van der Waals surface area contributed by atoms with Crippen molar-refractivity contribution in [3.63, 3.8) is 0 Å². The minimum absolute atomic E-state index is 0.0111. The minimum Gasteiger partial charge on any atom is -0.311 e. The fourth-order valence-electron chi connectivity index (χ4n) is 5.26. The number of anilines is 1. The number of fused-ring (bicyclic) bond motifs is 1. The second-order valence-corrected chi connectivity index (χ2v) is 9.16. The molecule has 0 aromatic heterocycles. The summed E-state index contributed by atoms with van der Waals surface area (Å²) in [6.07, 6.45) is 5.63. The third-order valence-electron chi connectivity index (χ3n) is 7.10. The fraction of sp³-hybridized carbons (Fsp3) is 0.423. The summed E-state index contributed by atoms with van der Waals surface area (Å²) in [5.74, 6) is 0.505. The minimum atomic E-state index is -0.584. The van der Waals surface area contributed by atoms with E-state index in [9.17, 15) is 9.59 Å². The Hall–Kier alpha value is -2.95. The average Bonchev–Trinajstić information content (AvgIpc) is 3.07. The number of aliphatic imine (C=N–C) groups is 1. The van der Waals surface area contributed by atoms with E-state index in [0.29, 0.717) is 18.2 Å². The summed E-state index contributed by atoms with van der Waals surface area (Å²) in [4.78, 5) is 35.7. The van der Waals surface area contributed by atoms with Crippen molar-refractivity contribution >= 4 is 23.2 Å². The molecule has 2 aromatic rings. The van der Waals surface area contributed by atoms with Crippen molar-refractivity contribution in [1.29, 1.82) is 0 Å². The van der Waals surface area contributed by atoms with Crippen LogP contribution in [0.1, 0.15) is 50.2 Å². The maximum absolute atomic E-state index is 13.5. The molecule has 1 spiro atoms. The zero-order chi connectivity index (χ0) is 21.4. The summed E-state index contributed by atoms with van der Waals surface area (Å²) in [5, 5.41) is 0. The Morgan fingerprint density at radius 2 is 1.77 bits per heavy atom. The van der Waals surface area contributed by atoms with Crippen LogP contribution in [-0.4, -0.2) is 41.2 Å². The average molecular weight is 416 g/mol. The van der Waals surface area contributed by atoms with Gasteiger partial charge in [0.05, 0.1) is 0 Å². The Kier molecular flexibility index (Phi) is 5.12. The maximum Gasteiger partial charge on any atom is 0.275 e. The number of hydrogen-bond donors (Lipinski definition) is 0. The predicted molar refractivity (Wildman–Crippen MR) is 122 cm³/mol. The van der Waals surface area contributed by atoms with Gasteiger partial charge in [0.25, 0.3) is 5.91 Å². The molecule has 0 radical (unpaired) electrons. The lowest BCUT2D eigenvalue weighted by Gasteiger charge is -2.41. The molecule has 1 saturated carbocycles. The number of carbonyl (C=O) groups excluding carboxylic acids is 2. The largest absolute Gasteiger partial charge is 0.311 e. The van der Waals surface area contributed by atoms with Gasteiger partial charge in [-0.25, -0.2) is 0 Å². The van der Waals surface area contributed by atoms with Crippen LogP contribution in [0.25, 0.3) is 0 Å². The molecule has 2 aromatic carbocycles. The number of rotatable bonds is 3. The van der Waals surface area contributed by atoms with Crippen molar-refractivity contribution in [3.8, 4) is 0 Å². The molecule has 2 amide bonds. The first-order valence-electron chi connectivity index (χ1n) is 11.4. The molecule has 0 atom stereocenters. The molecular weight excluding hydrogens is 386 g/mol. The van der Waals surface area contributed by atoms with Gasteiger partial charge >= 0.3 is 0 Å². The zero-order valence-electron chi connectivity index (χ0n) is 18.1. The van der Waals surface area contributed by atoms with E-state index in [4.69, 9.17) is 4.99 Å². The Morgan fingerprint density at radius 3 is 2.55 bits per heavy atom. The molecule has 0 bridgehead atoms. The summed E-state index contributed by atoms with van der Waals surface area (Å²) in [6, 6.07) is 17.8.